The fourth-order valence-corrected chi connectivity index (χ4v) is 1.14. The number of benzene rings is 1. The Morgan fingerprint density at radius 2 is 2.07 bits per heavy atom. The molecule has 1 radical (unpaired) electrons. The molecule has 0 spiro atoms. The second-order valence-corrected chi connectivity index (χ2v) is 2.74. The van der Waals surface area contributed by atoms with E-state index in [1.54, 1.807) is 37.5 Å². The SMILES string of the molecule is CCOC(=O)Cc1ccccc1[C-]=O.[Y]. The number of ether oxygens (including phenoxy) is 1. The molecule has 0 saturated heterocycles. The van der Waals surface area contributed by atoms with E-state index >= 15 is 0 Å². The number of hydrogen-bond donors (Lipinski definition) is 0. The predicted molar refractivity (Wildman–Crippen MR) is 51.6 cm³/mol. The Kier molecular flexibility index (Phi) is 7.44. The predicted octanol–water partition coefficient (Wildman–Crippen LogP) is 1.25. The van der Waals surface area contributed by atoms with Gasteiger partial charge in [-0.25, -0.2) is 0 Å². The average molecular weight is 280 g/mol. The van der Waals surface area contributed by atoms with Crippen LogP contribution in [-0.2, 0) is 53.5 Å². The van der Waals surface area contributed by atoms with Crippen molar-refractivity contribution in [3.63, 3.8) is 0 Å². The molecular formula is C11H11O3Y-. The number of rotatable bonds is 4. The maximum absolute atomic E-state index is 11.1. The van der Waals surface area contributed by atoms with E-state index in [-0.39, 0.29) is 45.1 Å². The molecule has 0 unspecified atom stereocenters. The van der Waals surface area contributed by atoms with E-state index in [1.165, 1.54) is 0 Å². The van der Waals surface area contributed by atoms with Gasteiger partial charge in [-0.3, -0.25) is 4.79 Å². The van der Waals surface area contributed by atoms with Gasteiger partial charge in [0.2, 0.25) is 0 Å². The maximum Gasteiger partial charge on any atom is 0.298 e. The van der Waals surface area contributed by atoms with E-state index < -0.39 is 0 Å². The molecule has 0 saturated carbocycles. The van der Waals surface area contributed by atoms with Crippen molar-refractivity contribution in [1.82, 2.24) is 0 Å². The van der Waals surface area contributed by atoms with Crippen molar-refractivity contribution >= 4 is 12.3 Å². The van der Waals surface area contributed by atoms with Crippen molar-refractivity contribution in [2.75, 3.05) is 6.61 Å². The second kappa shape index (κ2) is 7.72. The van der Waals surface area contributed by atoms with Crippen LogP contribution in [0.2, 0.25) is 0 Å². The van der Waals surface area contributed by atoms with Crippen LogP contribution in [0.1, 0.15) is 18.1 Å². The zero-order valence-electron chi connectivity index (χ0n) is 8.53. The zero-order chi connectivity index (χ0) is 10.4. The molecule has 0 N–H and O–H groups in total. The molecule has 15 heavy (non-hydrogen) atoms. The average Bonchev–Trinajstić information content (AvgIpc) is 2.19. The molecule has 0 aliphatic carbocycles. The summed E-state index contributed by atoms with van der Waals surface area (Å²) in [5.41, 5.74) is 1.07. The second-order valence-electron chi connectivity index (χ2n) is 2.74. The summed E-state index contributed by atoms with van der Waals surface area (Å²) in [6.45, 7) is 2.10. The van der Waals surface area contributed by atoms with Crippen LogP contribution in [-0.4, -0.2) is 18.9 Å². The Hall–Kier alpha value is -0.536. The minimum atomic E-state index is -0.324. The van der Waals surface area contributed by atoms with Crippen LogP contribution in [0.3, 0.4) is 0 Å². The van der Waals surface area contributed by atoms with Crippen molar-refractivity contribution < 1.29 is 47.0 Å². The summed E-state index contributed by atoms with van der Waals surface area (Å²) in [4.78, 5) is 21.6. The zero-order valence-corrected chi connectivity index (χ0v) is 11.4. The molecule has 0 aliphatic rings. The molecule has 1 aromatic carbocycles. The fraction of sp³-hybridized carbons (Fsp3) is 0.273. The first-order chi connectivity index (χ1) is 6.77. The van der Waals surface area contributed by atoms with Gasteiger partial charge in [-0.05, 0) is 6.92 Å². The fourth-order valence-electron chi connectivity index (χ4n) is 1.14. The van der Waals surface area contributed by atoms with Crippen LogP contribution in [0.15, 0.2) is 24.3 Å². The minimum absolute atomic E-state index is 0. The van der Waals surface area contributed by atoms with Crippen molar-refractivity contribution in [2.24, 2.45) is 0 Å². The van der Waals surface area contributed by atoms with Crippen molar-refractivity contribution in [2.45, 2.75) is 13.3 Å². The Morgan fingerprint density at radius 1 is 1.40 bits per heavy atom. The van der Waals surface area contributed by atoms with Crippen LogP contribution >= 0.6 is 0 Å². The molecule has 0 amide bonds. The van der Waals surface area contributed by atoms with Gasteiger partial charge in [0.15, 0.2) is 0 Å². The van der Waals surface area contributed by atoms with Gasteiger partial charge in [0.05, 0.1) is 12.9 Å². The Labute approximate surface area is 114 Å². The van der Waals surface area contributed by atoms with Gasteiger partial charge in [0.25, 0.3) is 5.97 Å². The number of carbonyl (C=O) groups excluding carboxylic acids is 2. The molecular weight excluding hydrogens is 269 g/mol. The van der Waals surface area contributed by atoms with Crippen LogP contribution in [0.4, 0.5) is 0 Å². The van der Waals surface area contributed by atoms with E-state index in [0.29, 0.717) is 17.7 Å². The molecule has 1 rings (SSSR count). The molecule has 0 bridgehead atoms. The first-order valence-electron chi connectivity index (χ1n) is 4.39. The quantitative estimate of drug-likeness (QED) is 0.616. The Bertz CT molecular complexity index is 336. The van der Waals surface area contributed by atoms with E-state index in [0.717, 1.165) is 0 Å². The van der Waals surface area contributed by atoms with Gasteiger partial charge in [-0.1, -0.05) is 6.07 Å². The van der Waals surface area contributed by atoms with Crippen molar-refractivity contribution in [3.8, 4) is 0 Å². The number of hydrogen-bond acceptors (Lipinski definition) is 3. The van der Waals surface area contributed by atoms with E-state index in [1.807, 2.05) is 0 Å². The van der Waals surface area contributed by atoms with E-state index in [9.17, 15) is 9.59 Å². The monoisotopic (exact) mass is 280 g/mol. The van der Waals surface area contributed by atoms with E-state index in [2.05, 4.69) is 0 Å². The topological polar surface area (TPSA) is 43.4 Å². The van der Waals surface area contributed by atoms with E-state index in [4.69, 9.17) is 4.74 Å². The van der Waals surface area contributed by atoms with Gasteiger partial charge in [0.1, 0.15) is 0 Å². The summed E-state index contributed by atoms with van der Waals surface area (Å²) in [5.74, 6) is -0.324. The molecule has 0 heterocycles. The Balaban J connectivity index is 0.00000196. The largest absolute Gasteiger partial charge is 0.466 e. The van der Waals surface area contributed by atoms with Gasteiger partial charge < -0.3 is 9.53 Å². The third kappa shape index (κ3) is 4.67. The molecule has 1 aromatic rings. The molecule has 0 aromatic heterocycles. The standard InChI is InChI=1S/C11H11O3.Y/c1-2-14-11(13)7-9-5-3-4-6-10(9)8-12;/h3-6H,2,7H2,1H3;/q-1;. The smallest absolute Gasteiger partial charge is 0.298 e. The van der Waals surface area contributed by atoms with Crippen molar-refractivity contribution in [3.05, 3.63) is 35.4 Å². The molecule has 0 aliphatic heterocycles. The minimum Gasteiger partial charge on any atom is -0.466 e. The summed E-state index contributed by atoms with van der Waals surface area (Å²) >= 11 is 0. The summed E-state index contributed by atoms with van der Waals surface area (Å²) in [5, 5.41) is 0. The van der Waals surface area contributed by atoms with Gasteiger partial charge in [-0.15, -0.1) is 23.3 Å². The van der Waals surface area contributed by atoms with Crippen LogP contribution in [0.5, 0.6) is 0 Å². The molecule has 3 nitrogen and oxygen atoms in total. The normalized spacial score (nSPS) is 8.87. The molecule has 77 valence electrons. The molecule has 0 fully saturated rings. The summed E-state index contributed by atoms with van der Waals surface area (Å²) < 4.78 is 4.78. The number of carbonyl (C=O) groups is 1. The number of esters is 1. The van der Waals surface area contributed by atoms with Gasteiger partial charge >= 0.3 is 0 Å². The molecule has 0 atom stereocenters. The van der Waals surface area contributed by atoms with Gasteiger partial charge in [-0.2, -0.15) is 6.07 Å². The summed E-state index contributed by atoms with van der Waals surface area (Å²) in [7, 11) is 0. The van der Waals surface area contributed by atoms with Crippen molar-refractivity contribution in [1.29, 1.82) is 0 Å². The summed E-state index contributed by atoms with van der Waals surface area (Å²) in [6, 6.07) is 6.85. The van der Waals surface area contributed by atoms with Crippen LogP contribution in [0.25, 0.3) is 0 Å². The maximum atomic E-state index is 11.1. The summed E-state index contributed by atoms with van der Waals surface area (Å²) in [6.07, 6.45) is 1.91. The van der Waals surface area contributed by atoms with Gasteiger partial charge in [0, 0.05) is 39.1 Å². The first-order valence-corrected chi connectivity index (χ1v) is 4.39. The third-order valence-corrected chi connectivity index (χ3v) is 1.77. The van der Waals surface area contributed by atoms with Crippen LogP contribution < -0.4 is 0 Å². The third-order valence-electron chi connectivity index (χ3n) is 1.77. The Morgan fingerprint density at radius 3 is 2.67 bits per heavy atom. The van der Waals surface area contributed by atoms with Crippen LogP contribution in [0, 0.1) is 0 Å². The molecule has 4 heteroatoms. The first kappa shape index (κ1) is 14.5.